The second kappa shape index (κ2) is 8.00. The van der Waals surface area contributed by atoms with E-state index < -0.39 is 6.03 Å². The summed E-state index contributed by atoms with van der Waals surface area (Å²) in [5, 5.41) is 4.57. The van der Waals surface area contributed by atoms with E-state index in [0.717, 1.165) is 9.37 Å². The van der Waals surface area contributed by atoms with Crippen molar-refractivity contribution in [1.29, 1.82) is 0 Å². The van der Waals surface area contributed by atoms with Crippen LogP contribution >= 0.6 is 27.7 Å². The zero-order chi connectivity index (χ0) is 15.9. The maximum Gasteiger partial charge on any atom is 0.325 e. The molecule has 0 aliphatic carbocycles. The van der Waals surface area contributed by atoms with Crippen LogP contribution in [0, 0.1) is 0 Å². The predicted octanol–water partition coefficient (Wildman–Crippen LogP) is 4.28. The minimum Gasteiger partial charge on any atom is -0.308 e. The van der Waals surface area contributed by atoms with Gasteiger partial charge in [0.1, 0.15) is 0 Å². The molecule has 0 spiro atoms. The Hall–Kier alpha value is -1.79. The van der Waals surface area contributed by atoms with E-state index in [0.29, 0.717) is 5.69 Å². The van der Waals surface area contributed by atoms with Gasteiger partial charge < -0.3 is 5.32 Å². The Kier molecular flexibility index (Phi) is 6.03. The van der Waals surface area contributed by atoms with Gasteiger partial charge in [-0.05, 0) is 47.1 Å². The number of anilines is 1. The predicted molar refractivity (Wildman–Crippen MR) is 93.1 cm³/mol. The first kappa shape index (κ1) is 16.6. The zero-order valence-electron chi connectivity index (χ0n) is 11.9. The molecule has 6 heteroatoms. The average molecular weight is 379 g/mol. The van der Waals surface area contributed by atoms with Crippen LogP contribution in [0.3, 0.4) is 0 Å². The fourth-order valence-corrected chi connectivity index (χ4v) is 3.13. The van der Waals surface area contributed by atoms with Crippen LogP contribution in [-0.4, -0.2) is 17.2 Å². The lowest BCUT2D eigenvalue weighted by Crippen LogP contribution is -2.38. The number of nitrogens with one attached hydrogen (secondary N) is 2. The van der Waals surface area contributed by atoms with E-state index in [9.17, 15) is 9.59 Å². The summed E-state index contributed by atoms with van der Waals surface area (Å²) in [6, 6.07) is 16.1. The van der Waals surface area contributed by atoms with Gasteiger partial charge in [-0.15, -0.1) is 11.8 Å². The van der Waals surface area contributed by atoms with Gasteiger partial charge in [-0.2, -0.15) is 0 Å². The number of hydrogen-bond acceptors (Lipinski definition) is 3. The Morgan fingerprint density at radius 1 is 1.05 bits per heavy atom. The normalized spacial score (nSPS) is 11.5. The molecule has 0 fully saturated rings. The highest BCUT2D eigenvalue weighted by molar-refractivity contribution is 9.10. The molecule has 0 aliphatic heterocycles. The number of urea groups is 1. The van der Waals surface area contributed by atoms with Crippen LogP contribution in [0.2, 0.25) is 0 Å². The van der Waals surface area contributed by atoms with Gasteiger partial charge in [0.2, 0.25) is 5.91 Å². The van der Waals surface area contributed by atoms with E-state index in [4.69, 9.17) is 0 Å². The number of thioether (sulfide) groups is 1. The Balaban J connectivity index is 1.88. The summed E-state index contributed by atoms with van der Waals surface area (Å²) in [6.45, 7) is 1.76. The first-order chi connectivity index (χ1) is 10.6. The highest BCUT2D eigenvalue weighted by Crippen LogP contribution is 2.30. The first-order valence-electron chi connectivity index (χ1n) is 6.64. The lowest BCUT2D eigenvalue weighted by Gasteiger charge is -2.12. The Morgan fingerprint density at radius 2 is 1.68 bits per heavy atom. The van der Waals surface area contributed by atoms with Gasteiger partial charge in [0.25, 0.3) is 0 Å². The number of halogens is 1. The van der Waals surface area contributed by atoms with E-state index in [2.05, 4.69) is 26.6 Å². The largest absolute Gasteiger partial charge is 0.325 e. The van der Waals surface area contributed by atoms with Crippen molar-refractivity contribution in [1.82, 2.24) is 5.32 Å². The molecule has 0 saturated heterocycles. The summed E-state index contributed by atoms with van der Waals surface area (Å²) in [5.41, 5.74) is 0.638. The summed E-state index contributed by atoms with van der Waals surface area (Å²) in [4.78, 5) is 24.8. The van der Waals surface area contributed by atoms with Crippen molar-refractivity contribution in [3.63, 3.8) is 0 Å². The fraction of sp³-hybridized carbons (Fsp3) is 0.125. The van der Waals surface area contributed by atoms with Gasteiger partial charge in [-0.25, -0.2) is 4.79 Å². The van der Waals surface area contributed by atoms with Crippen LogP contribution in [0.25, 0.3) is 0 Å². The molecule has 0 saturated carbocycles. The van der Waals surface area contributed by atoms with Crippen molar-refractivity contribution in [2.45, 2.75) is 17.1 Å². The third-order valence-electron chi connectivity index (χ3n) is 2.78. The minimum absolute atomic E-state index is 0.339. The molecule has 2 rings (SSSR count). The van der Waals surface area contributed by atoms with E-state index in [1.54, 1.807) is 19.1 Å². The van der Waals surface area contributed by atoms with Crippen molar-refractivity contribution < 1.29 is 9.59 Å². The molecular formula is C16H15BrN2O2S. The molecule has 1 atom stereocenters. The van der Waals surface area contributed by atoms with Crippen molar-refractivity contribution in [2.24, 2.45) is 0 Å². The summed E-state index contributed by atoms with van der Waals surface area (Å²) in [5.74, 6) is -0.339. The van der Waals surface area contributed by atoms with E-state index >= 15 is 0 Å². The van der Waals surface area contributed by atoms with Gasteiger partial charge in [0.05, 0.1) is 5.25 Å². The summed E-state index contributed by atoms with van der Waals surface area (Å²) in [6.07, 6.45) is 0. The molecule has 3 amide bonds. The smallest absolute Gasteiger partial charge is 0.308 e. The molecule has 0 heterocycles. The zero-order valence-corrected chi connectivity index (χ0v) is 14.3. The number of carbonyl (C=O) groups is 2. The summed E-state index contributed by atoms with van der Waals surface area (Å²) in [7, 11) is 0. The minimum atomic E-state index is -0.532. The van der Waals surface area contributed by atoms with Gasteiger partial charge in [0, 0.05) is 15.1 Å². The SMILES string of the molecule is C[C@@H](Sc1ccccc1Br)C(=O)NC(=O)Nc1ccccc1. The maximum absolute atomic E-state index is 12.1. The topological polar surface area (TPSA) is 58.2 Å². The highest BCUT2D eigenvalue weighted by atomic mass is 79.9. The molecule has 114 valence electrons. The Morgan fingerprint density at radius 3 is 2.36 bits per heavy atom. The van der Waals surface area contributed by atoms with Gasteiger partial charge in [0.15, 0.2) is 0 Å². The molecule has 0 aliphatic rings. The standard InChI is InChI=1S/C16H15BrN2O2S/c1-11(22-14-10-6-5-9-13(14)17)15(20)19-16(21)18-12-7-3-2-4-8-12/h2-11H,1H3,(H2,18,19,20,21)/t11-/m1/s1. The Bertz CT molecular complexity index is 664. The van der Waals surface area contributed by atoms with Crippen LogP contribution in [0.4, 0.5) is 10.5 Å². The number of amides is 3. The maximum atomic E-state index is 12.1. The summed E-state index contributed by atoms with van der Waals surface area (Å²) < 4.78 is 0.924. The second-order valence-corrected chi connectivity index (χ2v) is 6.74. The monoisotopic (exact) mass is 378 g/mol. The molecule has 0 bridgehead atoms. The number of benzene rings is 2. The third-order valence-corrected chi connectivity index (χ3v) is 4.91. The van der Waals surface area contributed by atoms with Crippen molar-refractivity contribution in [2.75, 3.05) is 5.32 Å². The Labute approximate surface area is 141 Å². The number of carbonyl (C=O) groups excluding carboxylic acids is 2. The van der Waals surface area contributed by atoms with Gasteiger partial charge in [-0.3, -0.25) is 10.1 Å². The average Bonchev–Trinajstić information content (AvgIpc) is 2.50. The second-order valence-electron chi connectivity index (χ2n) is 4.50. The molecule has 2 aromatic carbocycles. The van der Waals surface area contributed by atoms with Gasteiger partial charge >= 0.3 is 6.03 Å². The molecule has 22 heavy (non-hydrogen) atoms. The van der Waals surface area contributed by atoms with Crippen molar-refractivity contribution >= 4 is 45.3 Å². The summed E-state index contributed by atoms with van der Waals surface area (Å²) >= 11 is 4.82. The number of imide groups is 1. The van der Waals surface area contributed by atoms with Crippen molar-refractivity contribution in [3.05, 3.63) is 59.1 Å². The van der Waals surface area contributed by atoms with E-state index in [-0.39, 0.29) is 11.2 Å². The van der Waals surface area contributed by atoms with Crippen LogP contribution in [0.1, 0.15) is 6.92 Å². The fourth-order valence-electron chi connectivity index (χ4n) is 1.68. The van der Waals surface area contributed by atoms with E-state index in [1.165, 1.54) is 11.8 Å². The molecule has 0 aromatic heterocycles. The van der Waals surface area contributed by atoms with Crippen LogP contribution in [0.15, 0.2) is 64.0 Å². The highest BCUT2D eigenvalue weighted by Gasteiger charge is 2.18. The van der Waals surface area contributed by atoms with Crippen LogP contribution in [-0.2, 0) is 4.79 Å². The lowest BCUT2D eigenvalue weighted by atomic mass is 10.3. The quantitative estimate of drug-likeness (QED) is 0.780. The molecule has 0 unspecified atom stereocenters. The lowest BCUT2D eigenvalue weighted by molar-refractivity contribution is -0.119. The van der Waals surface area contributed by atoms with Crippen LogP contribution in [0.5, 0.6) is 0 Å². The van der Waals surface area contributed by atoms with Gasteiger partial charge in [-0.1, -0.05) is 30.3 Å². The number of rotatable bonds is 4. The molecule has 4 nitrogen and oxygen atoms in total. The number of hydrogen-bond donors (Lipinski definition) is 2. The first-order valence-corrected chi connectivity index (χ1v) is 8.31. The third kappa shape index (κ3) is 4.89. The van der Waals surface area contributed by atoms with Crippen LogP contribution < -0.4 is 10.6 Å². The molecule has 2 aromatic rings. The molecule has 0 radical (unpaired) electrons. The van der Waals surface area contributed by atoms with E-state index in [1.807, 2.05) is 42.5 Å². The molecule has 2 N–H and O–H groups in total. The number of para-hydroxylation sites is 1. The molecular weight excluding hydrogens is 364 g/mol. The van der Waals surface area contributed by atoms with Crippen molar-refractivity contribution in [3.8, 4) is 0 Å².